The molecule has 0 saturated heterocycles. The zero-order valence-electron chi connectivity index (χ0n) is 11.6. The highest BCUT2D eigenvalue weighted by Gasteiger charge is 1.93. The normalized spacial score (nSPS) is 9.44. The molecule has 16 heavy (non-hydrogen) atoms. The fourth-order valence-electron chi connectivity index (χ4n) is 0.697. The topological polar surface area (TPSA) is 12.0 Å². The standard InChI is InChI=1S/C11H17N.C2H6.C2H4/c1-6-7-8-10(4)11(5)12-9(2)3;2*1-2/h6-8,12H,2,5H2,1,3-4H3;1-2H3;1-2H2/b7-6-,10-8+;;. The summed E-state index contributed by atoms with van der Waals surface area (Å²) in [6.07, 6.45) is 5.98. The Morgan fingerprint density at radius 1 is 1.06 bits per heavy atom. The van der Waals surface area contributed by atoms with Crippen molar-refractivity contribution < 1.29 is 0 Å². The average Bonchev–Trinajstić information content (AvgIpc) is 2.30. The second-order valence-corrected chi connectivity index (χ2v) is 2.76. The quantitative estimate of drug-likeness (QED) is 0.522. The van der Waals surface area contributed by atoms with E-state index < -0.39 is 0 Å². The van der Waals surface area contributed by atoms with Gasteiger partial charge in [-0.3, -0.25) is 0 Å². The summed E-state index contributed by atoms with van der Waals surface area (Å²) in [6, 6.07) is 0. The van der Waals surface area contributed by atoms with Crippen LogP contribution in [0.4, 0.5) is 0 Å². The molecule has 1 nitrogen and oxygen atoms in total. The molecule has 1 N–H and O–H groups in total. The Bertz CT molecular complexity index is 244. The number of allylic oxidation sites excluding steroid dienone is 5. The van der Waals surface area contributed by atoms with Crippen molar-refractivity contribution in [1.29, 1.82) is 0 Å². The van der Waals surface area contributed by atoms with Gasteiger partial charge in [0.05, 0.1) is 0 Å². The minimum Gasteiger partial charge on any atom is -0.360 e. The van der Waals surface area contributed by atoms with Crippen LogP contribution in [0.5, 0.6) is 0 Å². The van der Waals surface area contributed by atoms with Gasteiger partial charge < -0.3 is 5.32 Å². The van der Waals surface area contributed by atoms with Crippen molar-refractivity contribution in [3.63, 3.8) is 0 Å². The molecule has 0 unspecified atom stereocenters. The van der Waals surface area contributed by atoms with Crippen LogP contribution in [0.25, 0.3) is 0 Å². The number of hydrogen-bond acceptors (Lipinski definition) is 1. The smallest absolute Gasteiger partial charge is 0.0338 e. The molecular weight excluding hydrogens is 194 g/mol. The molecule has 0 fully saturated rings. The zero-order chi connectivity index (χ0) is 13.6. The van der Waals surface area contributed by atoms with Crippen molar-refractivity contribution in [2.45, 2.75) is 34.6 Å². The second kappa shape index (κ2) is 15.9. The molecule has 92 valence electrons. The first-order valence-corrected chi connectivity index (χ1v) is 5.49. The van der Waals surface area contributed by atoms with Gasteiger partial charge in [-0.05, 0) is 26.3 Å². The van der Waals surface area contributed by atoms with E-state index in [2.05, 4.69) is 31.6 Å². The van der Waals surface area contributed by atoms with Crippen molar-refractivity contribution in [2.75, 3.05) is 0 Å². The summed E-state index contributed by atoms with van der Waals surface area (Å²) < 4.78 is 0. The fourth-order valence-corrected chi connectivity index (χ4v) is 0.697. The first-order valence-electron chi connectivity index (χ1n) is 5.49. The molecule has 0 spiro atoms. The van der Waals surface area contributed by atoms with E-state index in [1.165, 1.54) is 0 Å². The Kier molecular flexibility index (Phi) is 19.9. The maximum Gasteiger partial charge on any atom is 0.0338 e. The van der Waals surface area contributed by atoms with Crippen LogP contribution >= 0.6 is 0 Å². The minimum atomic E-state index is 0.903. The van der Waals surface area contributed by atoms with Crippen molar-refractivity contribution in [3.8, 4) is 0 Å². The van der Waals surface area contributed by atoms with E-state index >= 15 is 0 Å². The van der Waals surface area contributed by atoms with Crippen LogP contribution in [0.15, 0.2) is 61.5 Å². The molecule has 0 atom stereocenters. The Hall–Kier alpha value is -1.50. The lowest BCUT2D eigenvalue weighted by Gasteiger charge is -2.07. The molecule has 0 amide bonds. The third-order valence-corrected chi connectivity index (χ3v) is 1.38. The molecule has 0 aliphatic heterocycles. The molecule has 0 radical (unpaired) electrons. The van der Waals surface area contributed by atoms with Crippen LogP contribution in [0.2, 0.25) is 0 Å². The van der Waals surface area contributed by atoms with Gasteiger partial charge in [-0.15, -0.1) is 13.2 Å². The minimum absolute atomic E-state index is 0.903. The Morgan fingerprint density at radius 3 is 1.81 bits per heavy atom. The number of rotatable bonds is 4. The van der Waals surface area contributed by atoms with E-state index in [4.69, 9.17) is 0 Å². The lowest BCUT2D eigenvalue weighted by Crippen LogP contribution is -2.08. The van der Waals surface area contributed by atoms with Gasteiger partial charge in [0, 0.05) is 11.4 Å². The summed E-state index contributed by atoms with van der Waals surface area (Å²) in [5.41, 5.74) is 2.94. The molecule has 0 saturated carbocycles. The summed E-state index contributed by atoms with van der Waals surface area (Å²) in [5, 5.41) is 3.06. The van der Waals surface area contributed by atoms with Gasteiger partial charge in [-0.1, -0.05) is 45.2 Å². The second-order valence-electron chi connectivity index (χ2n) is 2.76. The predicted octanol–water partition coefficient (Wildman–Crippen LogP) is 4.97. The summed E-state index contributed by atoms with van der Waals surface area (Å²) >= 11 is 0. The molecule has 0 aromatic rings. The first kappa shape index (κ1) is 20.0. The third-order valence-electron chi connectivity index (χ3n) is 1.38. The van der Waals surface area contributed by atoms with E-state index in [1.54, 1.807) is 0 Å². The van der Waals surface area contributed by atoms with Crippen LogP contribution in [0.3, 0.4) is 0 Å². The lowest BCUT2D eigenvalue weighted by molar-refractivity contribution is 0.989. The van der Waals surface area contributed by atoms with E-state index in [-0.39, 0.29) is 0 Å². The highest BCUT2D eigenvalue weighted by molar-refractivity contribution is 5.30. The van der Waals surface area contributed by atoms with E-state index in [0.29, 0.717) is 0 Å². The summed E-state index contributed by atoms with van der Waals surface area (Å²) in [6.45, 7) is 23.5. The Morgan fingerprint density at radius 2 is 1.50 bits per heavy atom. The number of hydrogen-bond donors (Lipinski definition) is 1. The average molecular weight is 221 g/mol. The zero-order valence-corrected chi connectivity index (χ0v) is 11.6. The van der Waals surface area contributed by atoms with Gasteiger partial charge in [0.1, 0.15) is 0 Å². The summed E-state index contributed by atoms with van der Waals surface area (Å²) in [5.74, 6) is 0. The predicted molar refractivity (Wildman–Crippen MR) is 78.3 cm³/mol. The molecular formula is C15H27N. The number of nitrogens with one attached hydrogen (secondary N) is 1. The molecule has 0 aromatic heterocycles. The molecule has 1 heteroatoms. The van der Waals surface area contributed by atoms with Crippen LogP contribution in [-0.2, 0) is 0 Å². The maximum atomic E-state index is 3.87. The molecule has 0 aromatic carbocycles. The van der Waals surface area contributed by atoms with Gasteiger partial charge in [0.25, 0.3) is 0 Å². The molecule has 0 rings (SSSR count). The van der Waals surface area contributed by atoms with Crippen LogP contribution < -0.4 is 5.32 Å². The van der Waals surface area contributed by atoms with Gasteiger partial charge >= 0.3 is 0 Å². The Labute approximate surface area is 102 Å². The lowest BCUT2D eigenvalue weighted by atomic mass is 10.2. The van der Waals surface area contributed by atoms with Crippen LogP contribution in [-0.4, -0.2) is 0 Å². The third kappa shape index (κ3) is 15.0. The molecule has 0 heterocycles. The SMILES string of the molecule is C=C.C=C(C)NC(=C)/C(C)=C/C=C\C.CC. The van der Waals surface area contributed by atoms with Crippen molar-refractivity contribution >= 4 is 0 Å². The van der Waals surface area contributed by atoms with E-state index in [1.807, 2.05) is 52.8 Å². The van der Waals surface area contributed by atoms with Gasteiger partial charge in [0.2, 0.25) is 0 Å². The van der Waals surface area contributed by atoms with Gasteiger partial charge in [-0.2, -0.15) is 0 Å². The maximum absolute atomic E-state index is 3.87. The van der Waals surface area contributed by atoms with Crippen molar-refractivity contribution in [1.82, 2.24) is 5.32 Å². The fraction of sp³-hybridized carbons (Fsp3) is 0.333. The molecule has 0 bridgehead atoms. The molecule has 0 aliphatic carbocycles. The monoisotopic (exact) mass is 221 g/mol. The largest absolute Gasteiger partial charge is 0.360 e. The highest BCUT2D eigenvalue weighted by atomic mass is 14.9. The van der Waals surface area contributed by atoms with E-state index in [9.17, 15) is 0 Å². The van der Waals surface area contributed by atoms with Crippen LogP contribution in [0.1, 0.15) is 34.6 Å². The first-order chi connectivity index (χ1) is 7.57. The van der Waals surface area contributed by atoms with Crippen molar-refractivity contribution in [2.24, 2.45) is 0 Å². The summed E-state index contributed by atoms with van der Waals surface area (Å²) in [4.78, 5) is 0. The van der Waals surface area contributed by atoms with Crippen molar-refractivity contribution in [3.05, 3.63) is 61.5 Å². The molecule has 0 aliphatic rings. The highest BCUT2D eigenvalue weighted by Crippen LogP contribution is 2.04. The van der Waals surface area contributed by atoms with Gasteiger partial charge in [-0.25, -0.2) is 0 Å². The van der Waals surface area contributed by atoms with Gasteiger partial charge in [0.15, 0.2) is 0 Å². The Balaban J connectivity index is -0.000000376. The van der Waals surface area contributed by atoms with E-state index in [0.717, 1.165) is 17.0 Å². The van der Waals surface area contributed by atoms with Crippen LogP contribution in [0, 0.1) is 0 Å². The summed E-state index contributed by atoms with van der Waals surface area (Å²) in [7, 11) is 0.